The van der Waals surface area contributed by atoms with E-state index in [1.165, 1.54) is 21.3 Å². The van der Waals surface area contributed by atoms with Gasteiger partial charge in [0.25, 0.3) is 0 Å². The van der Waals surface area contributed by atoms with Crippen molar-refractivity contribution in [3.63, 3.8) is 0 Å². The van der Waals surface area contributed by atoms with E-state index in [1.54, 1.807) is 0 Å². The number of phosphoric ester groups is 1. The van der Waals surface area contributed by atoms with Crippen LogP contribution in [0.4, 0.5) is 0 Å². The number of hydrogen-bond acceptors (Lipinski definition) is 6. The predicted octanol–water partition coefficient (Wildman–Crippen LogP) is -0.268. The standard InChI is InChI=1S/C3H9O4P.Na.H2O4S.H/c1-5-8(4,6-2)7-3;;1-5(2,3)4;/h1-3H3;;(H2,1,2,3,4);. The molecule has 0 bridgehead atoms. The van der Waals surface area contributed by atoms with Gasteiger partial charge in [-0.05, 0) is 0 Å². The molecule has 0 aromatic rings. The van der Waals surface area contributed by atoms with Crippen molar-refractivity contribution in [1.29, 1.82) is 0 Å². The molecule has 0 fully saturated rings. The number of hydrogen-bond donors (Lipinski definition) is 2. The van der Waals surface area contributed by atoms with E-state index < -0.39 is 18.2 Å². The summed E-state index contributed by atoms with van der Waals surface area (Å²) in [6.45, 7) is 0. The van der Waals surface area contributed by atoms with Crippen molar-refractivity contribution < 1.29 is 35.7 Å². The van der Waals surface area contributed by atoms with Crippen molar-refractivity contribution in [1.82, 2.24) is 0 Å². The van der Waals surface area contributed by atoms with Crippen LogP contribution in [0.15, 0.2) is 0 Å². The maximum absolute atomic E-state index is 10.7. The fraction of sp³-hybridized carbons (Fsp3) is 1.00. The van der Waals surface area contributed by atoms with Crippen LogP contribution in [-0.4, -0.2) is 68.4 Å². The topological polar surface area (TPSA) is 119 Å². The SMILES string of the molecule is COP(=O)(OC)OC.O=S(=O)(O)O.[NaH]. The molecular weight excluding hydrogens is 250 g/mol. The molecule has 0 atom stereocenters. The van der Waals surface area contributed by atoms with Crippen LogP contribution in [0.25, 0.3) is 0 Å². The molecule has 0 radical (unpaired) electrons. The van der Waals surface area contributed by atoms with Crippen molar-refractivity contribution in [3.05, 3.63) is 0 Å². The molecule has 0 aromatic heterocycles. The van der Waals surface area contributed by atoms with E-state index in [0.29, 0.717) is 0 Å². The molecule has 11 heteroatoms. The molecule has 0 unspecified atom stereocenters. The Balaban J connectivity index is -0.000000177. The molecule has 2 N–H and O–H groups in total. The van der Waals surface area contributed by atoms with Crippen LogP contribution in [0.3, 0.4) is 0 Å². The Morgan fingerprint density at radius 3 is 1.14 bits per heavy atom. The first-order valence-corrected chi connectivity index (χ1v) is 5.51. The molecule has 0 saturated carbocycles. The molecule has 0 aliphatic carbocycles. The van der Waals surface area contributed by atoms with Crippen molar-refractivity contribution >= 4 is 47.8 Å². The van der Waals surface area contributed by atoms with Crippen LogP contribution in [0.1, 0.15) is 0 Å². The van der Waals surface area contributed by atoms with Gasteiger partial charge in [-0.1, -0.05) is 0 Å². The molecule has 14 heavy (non-hydrogen) atoms. The Hall–Kier alpha value is 0.980. The van der Waals surface area contributed by atoms with E-state index in [0.717, 1.165) is 0 Å². The van der Waals surface area contributed by atoms with Gasteiger partial charge in [0, 0.05) is 21.3 Å². The zero-order valence-corrected chi connectivity index (χ0v) is 8.91. The zero-order valence-electron chi connectivity index (χ0n) is 7.20. The first-order valence-electron chi connectivity index (χ1n) is 2.65. The van der Waals surface area contributed by atoms with Gasteiger partial charge in [0.15, 0.2) is 0 Å². The third-order valence-corrected chi connectivity index (χ3v) is 2.01. The van der Waals surface area contributed by atoms with E-state index in [-0.39, 0.29) is 29.6 Å². The Morgan fingerprint density at radius 2 is 1.14 bits per heavy atom. The van der Waals surface area contributed by atoms with Crippen LogP contribution in [0.2, 0.25) is 0 Å². The summed E-state index contributed by atoms with van der Waals surface area (Å²) in [6.07, 6.45) is 0. The van der Waals surface area contributed by atoms with Gasteiger partial charge in [-0.3, -0.25) is 22.7 Å². The van der Waals surface area contributed by atoms with Gasteiger partial charge in [-0.2, -0.15) is 8.42 Å². The van der Waals surface area contributed by atoms with E-state index in [1.807, 2.05) is 0 Å². The van der Waals surface area contributed by atoms with E-state index in [4.69, 9.17) is 17.5 Å². The maximum atomic E-state index is 10.7. The van der Waals surface area contributed by atoms with Gasteiger partial charge in [-0.15, -0.1) is 0 Å². The van der Waals surface area contributed by atoms with Gasteiger partial charge in [0.2, 0.25) is 0 Å². The molecule has 84 valence electrons. The Bertz CT molecular complexity index is 235. The predicted molar refractivity (Wildman–Crippen MR) is 50.0 cm³/mol. The summed E-state index contributed by atoms with van der Waals surface area (Å²) >= 11 is 0. The van der Waals surface area contributed by atoms with Gasteiger partial charge < -0.3 is 0 Å². The quantitative estimate of drug-likeness (QED) is 0.405. The summed E-state index contributed by atoms with van der Waals surface area (Å²) in [6, 6.07) is 0. The summed E-state index contributed by atoms with van der Waals surface area (Å²) in [5.41, 5.74) is 0. The van der Waals surface area contributed by atoms with Crippen LogP contribution in [-0.2, 0) is 28.5 Å². The van der Waals surface area contributed by atoms with Gasteiger partial charge in [-0.25, -0.2) is 4.57 Å². The van der Waals surface area contributed by atoms with Crippen molar-refractivity contribution in [2.24, 2.45) is 0 Å². The number of rotatable bonds is 3. The normalized spacial score (nSPS) is 10.9. The fourth-order valence-corrected chi connectivity index (χ4v) is 0.671. The fourth-order valence-electron chi connectivity index (χ4n) is 0.224. The summed E-state index contributed by atoms with van der Waals surface area (Å²) in [5, 5.41) is 0. The molecule has 0 saturated heterocycles. The molecule has 0 spiro atoms. The van der Waals surface area contributed by atoms with Gasteiger partial charge >= 0.3 is 47.8 Å². The third-order valence-electron chi connectivity index (χ3n) is 0.671. The first kappa shape index (κ1) is 20.4. The second-order valence-electron chi connectivity index (χ2n) is 1.44. The average molecular weight is 262 g/mol. The Kier molecular flexibility index (Phi) is 13.4. The molecule has 0 aliphatic heterocycles. The molecule has 0 aromatic carbocycles. The summed E-state index contributed by atoms with van der Waals surface area (Å²) in [5.74, 6) is 0. The number of phosphoric acid groups is 1. The molecule has 0 aliphatic rings. The van der Waals surface area contributed by atoms with Crippen LogP contribution >= 0.6 is 7.82 Å². The average Bonchev–Trinajstić information content (AvgIpc) is 2.00. The van der Waals surface area contributed by atoms with Crippen molar-refractivity contribution in [3.8, 4) is 0 Å². The Labute approximate surface area is 104 Å². The zero-order chi connectivity index (χ0) is 11.1. The molecular formula is C3H12NaO8PS. The van der Waals surface area contributed by atoms with E-state index >= 15 is 0 Å². The van der Waals surface area contributed by atoms with Crippen LogP contribution in [0, 0.1) is 0 Å². The second kappa shape index (κ2) is 9.22. The van der Waals surface area contributed by atoms with Crippen LogP contribution in [0.5, 0.6) is 0 Å². The second-order valence-corrected chi connectivity index (χ2v) is 4.33. The van der Waals surface area contributed by atoms with E-state index in [2.05, 4.69) is 13.6 Å². The molecule has 0 amide bonds. The first-order chi connectivity index (χ1) is 5.68. The minimum atomic E-state index is -4.67. The van der Waals surface area contributed by atoms with Crippen LogP contribution < -0.4 is 0 Å². The van der Waals surface area contributed by atoms with E-state index in [9.17, 15) is 4.57 Å². The minimum absolute atomic E-state index is 0. The Morgan fingerprint density at radius 1 is 1.00 bits per heavy atom. The molecule has 8 nitrogen and oxygen atoms in total. The summed E-state index contributed by atoms with van der Waals surface area (Å²) in [4.78, 5) is 0. The molecule has 0 heterocycles. The molecule has 0 rings (SSSR count). The third kappa shape index (κ3) is 18.7. The summed E-state index contributed by atoms with van der Waals surface area (Å²) in [7, 11) is -4.06. The van der Waals surface area contributed by atoms with Crippen molar-refractivity contribution in [2.45, 2.75) is 0 Å². The van der Waals surface area contributed by atoms with Gasteiger partial charge in [0.05, 0.1) is 0 Å². The monoisotopic (exact) mass is 262 g/mol. The summed E-state index contributed by atoms with van der Waals surface area (Å²) < 4.78 is 55.3. The van der Waals surface area contributed by atoms with Crippen molar-refractivity contribution in [2.75, 3.05) is 21.3 Å². The van der Waals surface area contributed by atoms with Gasteiger partial charge in [0.1, 0.15) is 0 Å².